The van der Waals surface area contributed by atoms with E-state index in [0.29, 0.717) is 30.1 Å². The van der Waals surface area contributed by atoms with Crippen molar-refractivity contribution >= 4 is 40.5 Å². The number of hydrogen-bond donors (Lipinski definition) is 2. The largest absolute Gasteiger partial charge is 0.465 e. The summed E-state index contributed by atoms with van der Waals surface area (Å²) in [7, 11) is 0. The minimum absolute atomic E-state index is 0.145. The second kappa shape index (κ2) is 9.13. The molecule has 3 heterocycles. The summed E-state index contributed by atoms with van der Waals surface area (Å²) in [6.45, 7) is 2.08. The molecule has 2 atom stereocenters. The molecule has 4 aromatic rings. The first-order valence-electron chi connectivity index (χ1n) is 12.3. The van der Waals surface area contributed by atoms with Gasteiger partial charge in [-0.2, -0.15) is 0 Å². The molecule has 1 saturated heterocycles. The number of likely N-dealkylation sites (tertiary alicyclic amines) is 1. The van der Waals surface area contributed by atoms with Crippen LogP contribution in [-0.2, 0) is 14.4 Å². The number of ether oxygens (including phenoxy) is 1. The number of benzene rings is 3. The summed E-state index contributed by atoms with van der Waals surface area (Å²) < 4.78 is 8.68. The Kier molecular flexibility index (Phi) is 5.64. The van der Waals surface area contributed by atoms with Crippen LogP contribution in [0, 0.1) is 0 Å². The van der Waals surface area contributed by atoms with Gasteiger partial charge in [-0.25, -0.2) is 0 Å². The van der Waals surface area contributed by atoms with Crippen LogP contribution in [0.5, 0.6) is 5.75 Å². The van der Waals surface area contributed by atoms with E-state index >= 15 is 0 Å². The van der Waals surface area contributed by atoms with Crippen LogP contribution >= 0.6 is 0 Å². The molecule has 8 nitrogen and oxygen atoms in total. The summed E-state index contributed by atoms with van der Waals surface area (Å²) in [5.41, 5.74) is 5.19. The van der Waals surface area contributed by atoms with Crippen molar-refractivity contribution in [3.8, 4) is 17.0 Å². The summed E-state index contributed by atoms with van der Waals surface area (Å²) in [5, 5.41) is 6.77. The third kappa shape index (κ3) is 4.10. The van der Waals surface area contributed by atoms with Crippen molar-refractivity contribution in [2.24, 2.45) is 0 Å². The monoisotopic (exact) mass is 494 g/mol. The number of nitrogens with zero attached hydrogens (tertiary/aromatic N) is 2. The lowest BCUT2D eigenvalue weighted by Crippen LogP contribution is -2.38. The number of rotatable bonds is 5. The van der Waals surface area contributed by atoms with E-state index in [2.05, 4.69) is 21.3 Å². The van der Waals surface area contributed by atoms with Gasteiger partial charge in [0.2, 0.25) is 24.5 Å². The molecule has 2 unspecified atom stereocenters. The first-order valence-corrected chi connectivity index (χ1v) is 12.3. The fraction of sp³-hybridized carbons (Fsp3) is 0.207. The van der Waals surface area contributed by atoms with Crippen molar-refractivity contribution in [2.45, 2.75) is 32.0 Å². The molecule has 2 N–H and O–H groups in total. The van der Waals surface area contributed by atoms with E-state index in [-0.39, 0.29) is 11.8 Å². The molecule has 0 spiro atoms. The molecule has 1 fully saturated rings. The van der Waals surface area contributed by atoms with Gasteiger partial charge < -0.3 is 24.8 Å². The Labute approximate surface area is 213 Å². The van der Waals surface area contributed by atoms with E-state index in [1.165, 1.54) is 6.92 Å². The second-order valence-electron chi connectivity index (χ2n) is 9.44. The van der Waals surface area contributed by atoms with Crippen molar-refractivity contribution in [1.82, 2.24) is 9.47 Å². The highest BCUT2D eigenvalue weighted by molar-refractivity contribution is 5.99. The molecule has 3 amide bonds. The second-order valence-corrected chi connectivity index (χ2v) is 9.44. The highest BCUT2D eigenvalue weighted by Gasteiger charge is 2.31. The van der Waals surface area contributed by atoms with Gasteiger partial charge >= 0.3 is 0 Å². The molecule has 8 heteroatoms. The Morgan fingerprint density at radius 2 is 1.76 bits per heavy atom. The number of aromatic nitrogens is 1. The van der Waals surface area contributed by atoms with Crippen molar-refractivity contribution in [1.29, 1.82) is 0 Å². The van der Waals surface area contributed by atoms with Gasteiger partial charge in [0.15, 0.2) is 0 Å². The summed E-state index contributed by atoms with van der Waals surface area (Å²) in [5.74, 6) is 0.362. The van der Waals surface area contributed by atoms with Gasteiger partial charge in [-0.1, -0.05) is 30.3 Å². The van der Waals surface area contributed by atoms with E-state index in [1.54, 1.807) is 4.90 Å². The topological polar surface area (TPSA) is 92.7 Å². The van der Waals surface area contributed by atoms with E-state index in [9.17, 15) is 14.4 Å². The predicted octanol–water partition coefficient (Wildman–Crippen LogP) is 4.77. The fourth-order valence-corrected chi connectivity index (χ4v) is 5.32. The number of hydrogen-bond acceptors (Lipinski definition) is 4. The molecule has 6 rings (SSSR count). The van der Waals surface area contributed by atoms with E-state index in [1.807, 2.05) is 66.7 Å². The van der Waals surface area contributed by atoms with E-state index in [4.69, 9.17) is 4.74 Å². The third-order valence-corrected chi connectivity index (χ3v) is 6.97. The maximum atomic E-state index is 12.9. The lowest BCUT2D eigenvalue weighted by atomic mass is 10.1. The molecule has 0 aliphatic carbocycles. The number of fused-ring (bicyclic) bond motifs is 5. The normalized spacial score (nSPS) is 18.0. The molecule has 0 bridgehead atoms. The number of carbonyl (C=O) groups is 3. The Balaban J connectivity index is 1.42. The van der Waals surface area contributed by atoms with Crippen LogP contribution in [0.4, 0.5) is 11.4 Å². The zero-order valence-electron chi connectivity index (χ0n) is 20.3. The van der Waals surface area contributed by atoms with Crippen molar-refractivity contribution in [3.63, 3.8) is 0 Å². The molecule has 2 aliphatic heterocycles. The maximum absolute atomic E-state index is 12.9. The van der Waals surface area contributed by atoms with Crippen molar-refractivity contribution in [2.75, 3.05) is 17.2 Å². The van der Waals surface area contributed by atoms with E-state index < -0.39 is 12.3 Å². The van der Waals surface area contributed by atoms with Crippen LogP contribution in [0.3, 0.4) is 0 Å². The van der Waals surface area contributed by atoms with Gasteiger partial charge in [0.25, 0.3) is 0 Å². The third-order valence-electron chi connectivity index (χ3n) is 6.97. The van der Waals surface area contributed by atoms with Gasteiger partial charge in [-0.3, -0.25) is 14.4 Å². The molecular formula is C29H26N4O4. The van der Waals surface area contributed by atoms with Gasteiger partial charge in [0, 0.05) is 47.4 Å². The van der Waals surface area contributed by atoms with Crippen molar-refractivity contribution in [3.05, 3.63) is 78.4 Å². The quantitative estimate of drug-likeness (QED) is 0.391. The summed E-state index contributed by atoms with van der Waals surface area (Å²) in [4.78, 5) is 37.3. The van der Waals surface area contributed by atoms with Gasteiger partial charge in [0.1, 0.15) is 11.8 Å². The van der Waals surface area contributed by atoms with Crippen LogP contribution < -0.4 is 15.4 Å². The molecule has 3 aromatic carbocycles. The predicted molar refractivity (Wildman–Crippen MR) is 141 cm³/mol. The lowest BCUT2D eigenvalue weighted by Gasteiger charge is -2.30. The Morgan fingerprint density at radius 1 is 0.973 bits per heavy atom. The molecule has 1 aromatic heterocycles. The average Bonchev–Trinajstić information content (AvgIpc) is 3.53. The Bertz CT molecular complexity index is 1530. The summed E-state index contributed by atoms with van der Waals surface area (Å²) in [6, 6.07) is 23.1. The number of nitrogens with one attached hydrogen (secondary N) is 2. The smallest absolute Gasteiger partial charge is 0.247 e. The zero-order chi connectivity index (χ0) is 25.5. The summed E-state index contributed by atoms with van der Waals surface area (Å²) in [6.07, 6.45) is 1.84. The summed E-state index contributed by atoms with van der Waals surface area (Å²) >= 11 is 0. The minimum atomic E-state index is -0.434. The number of carbonyl (C=O) groups excluding carboxylic acids is 3. The van der Waals surface area contributed by atoms with E-state index in [0.717, 1.165) is 40.6 Å². The fourth-order valence-electron chi connectivity index (χ4n) is 5.32. The van der Waals surface area contributed by atoms with Gasteiger partial charge in [-0.15, -0.1) is 0 Å². The van der Waals surface area contributed by atoms with Gasteiger partial charge in [-0.05, 0) is 49.2 Å². The molecule has 0 saturated carbocycles. The van der Waals surface area contributed by atoms with Crippen LogP contribution in [0.2, 0.25) is 0 Å². The minimum Gasteiger partial charge on any atom is -0.465 e. The Hall–Kier alpha value is -4.59. The average molecular weight is 495 g/mol. The highest BCUT2D eigenvalue weighted by atomic mass is 16.5. The molecule has 0 radical (unpaired) electrons. The molecule has 186 valence electrons. The lowest BCUT2D eigenvalue weighted by molar-refractivity contribution is -0.127. The van der Waals surface area contributed by atoms with Gasteiger partial charge in [0.05, 0.1) is 11.2 Å². The standard InChI is InChI=1S/C29H26N4O4/c1-18(35)30-22-9-11-23-26-15-20-14-21(31-28(36)25-8-5-13-32(25)17-34)10-12-24(20)33(26)29(37-27(23)16-22)19-6-3-2-4-7-19/h2-4,6-7,9-12,14-17,25,29H,5,8,13H2,1H3,(H,30,35)(H,31,36). The molecule has 2 aliphatic rings. The van der Waals surface area contributed by atoms with Crippen molar-refractivity contribution < 1.29 is 19.1 Å². The SMILES string of the molecule is CC(=O)Nc1ccc2c(c1)OC(c1ccccc1)n1c-2cc2cc(NC(=O)C3CCCN3C=O)ccc21. The zero-order valence-corrected chi connectivity index (χ0v) is 20.3. The van der Waals surface area contributed by atoms with Crippen LogP contribution in [-0.4, -0.2) is 40.3 Å². The number of anilines is 2. The Morgan fingerprint density at radius 3 is 2.54 bits per heavy atom. The molecular weight excluding hydrogens is 468 g/mol. The highest BCUT2D eigenvalue weighted by Crippen LogP contribution is 2.45. The first-order chi connectivity index (χ1) is 18.0. The molecule has 37 heavy (non-hydrogen) atoms. The van der Waals surface area contributed by atoms with Crippen LogP contribution in [0.25, 0.3) is 22.2 Å². The number of amides is 3. The maximum Gasteiger partial charge on any atom is 0.247 e. The van der Waals surface area contributed by atoms with Crippen LogP contribution in [0.15, 0.2) is 72.8 Å². The first kappa shape index (κ1) is 22.8. The van der Waals surface area contributed by atoms with Crippen LogP contribution in [0.1, 0.15) is 31.6 Å².